The molecule has 0 aliphatic carbocycles. The van der Waals surface area contributed by atoms with Crippen LogP contribution in [0.1, 0.15) is 31.5 Å². The van der Waals surface area contributed by atoms with Gasteiger partial charge in [-0.3, -0.25) is 0 Å². The summed E-state index contributed by atoms with van der Waals surface area (Å²) in [5.74, 6) is 2.53. The van der Waals surface area contributed by atoms with E-state index < -0.39 is 0 Å². The van der Waals surface area contributed by atoms with Gasteiger partial charge in [0.1, 0.15) is 5.69 Å². The first-order chi connectivity index (χ1) is 9.74. The molecule has 0 unspecified atom stereocenters. The average Bonchev–Trinajstić information content (AvgIpc) is 3.17. The second kappa shape index (κ2) is 5.28. The van der Waals surface area contributed by atoms with Gasteiger partial charge in [0.15, 0.2) is 11.6 Å². The second-order valence-corrected chi connectivity index (χ2v) is 4.86. The number of aromatic nitrogens is 6. The van der Waals surface area contributed by atoms with Gasteiger partial charge in [0.05, 0.1) is 12.5 Å². The van der Waals surface area contributed by atoms with Crippen LogP contribution in [0.4, 0.5) is 0 Å². The monoisotopic (exact) mass is 272 g/mol. The number of rotatable bonds is 5. The Morgan fingerprint density at radius 2 is 2.30 bits per heavy atom. The van der Waals surface area contributed by atoms with Crippen molar-refractivity contribution in [1.29, 1.82) is 0 Å². The minimum absolute atomic E-state index is 0.279. The van der Waals surface area contributed by atoms with Crippen molar-refractivity contribution in [2.75, 3.05) is 0 Å². The van der Waals surface area contributed by atoms with Crippen LogP contribution in [-0.2, 0) is 13.0 Å². The lowest BCUT2D eigenvalue weighted by Gasteiger charge is -2.03. The van der Waals surface area contributed by atoms with Gasteiger partial charge in [-0.1, -0.05) is 19.0 Å². The molecule has 0 aromatic carbocycles. The summed E-state index contributed by atoms with van der Waals surface area (Å²) < 4.78 is 7.27. The van der Waals surface area contributed by atoms with E-state index in [0.717, 1.165) is 23.9 Å². The van der Waals surface area contributed by atoms with Crippen molar-refractivity contribution in [2.45, 2.75) is 32.7 Å². The molecule has 0 radical (unpaired) electrons. The normalized spacial score (nSPS) is 11.3. The van der Waals surface area contributed by atoms with Crippen molar-refractivity contribution in [1.82, 2.24) is 29.7 Å². The molecule has 0 atom stereocenters. The molecule has 7 nitrogen and oxygen atoms in total. The van der Waals surface area contributed by atoms with Gasteiger partial charge < -0.3 is 14.1 Å². The number of H-pyrrole nitrogens is 1. The topological polar surface area (TPSA) is 85.4 Å². The molecule has 0 aliphatic heterocycles. The highest BCUT2D eigenvalue weighted by Gasteiger charge is 2.11. The van der Waals surface area contributed by atoms with Crippen molar-refractivity contribution in [3.8, 4) is 11.5 Å². The molecule has 3 rings (SSSR count). The maximum absolute atomic E-state index is 5.24. The van der Waals surface area contributed by atoms with E-state index >= 15 is 0 Å². The third-order valence-corrected chi connectivity index (χ3v) is 3.02. The van der Waals surface area contributed by atoms with Gasteiger partial charge in [0.25, 0.3) is 0 Å². The molecule has 0 saturated heterocycles. The fourth-order valence-electron chi connectivity index (χ4n) is 1.93. The summed E-state index contributed by atoms with van der Waals surface area (Å²) in [5.41, 5.74) is 0.892. The summed E-state index contributed by atoms with van der Waals surface area (Å²) in [5, 5.41) is 3.96. The van der Waals surface area contributed by atoms with Gasteiger partial charge in [0, 0.05) is 31.3 Å². The van der Waals surface area contributed by atoms with Crippen LogP contribution in [0.5, 0.6) is 0 Å². The molecule has 0 bridgehead atoms. The Labute approximate surface area is 116 Å². The zero-order valence-corrected chi connectivity index (χ0v) is 11.4. The van der Waals surface area contributed by atoms with Crippen molar-refractivity contribution >= 4 is 0 Å². The second-order valence-electron chi connectivity index (χ2n) is 4.86. The predicted octanol–water partition coefficient (Wildman–Crippen LogP) is 2.02. The zero-order valence-electron chi connectivity index (χ0n) is 11.4. The molecule has 20 heavy (non-hydrogen) atoms. The number of aryl methyl sites for hydroxylation is 2. The molecule has 0 spiro atoms. The molecular weight excluding hydrogens is 256 g/mol. The van der Waals surface area contributed by atoms with Gasteiger partial charge >= 0.3 is 0 Å². The van der Waals surface area contributed by atoms with E-state index in [9.17, 15) is 0 Å². The fraction of sp³-hybridized carbons (Fsp3) is 0.385. The first-order valence-electron chi connectivity index (χ1n) is 6.56. The molecule has 1 N–H and O–H groups in total. The largest absolute Gasteiger partial charge is 0.342 e. The molecule has 0 fully saturated rings. The van der Waals surface area contributed by atoms with E-state index in [4.69, 9.17) is 4.52 Å². The van der Waals surface area contributed by atoms with Crippen LogP contribution in [0.15, 0.2) is 29.4 Å². The SMILES string of the molecule is CC(C)c1noc(CCn2ccnc2-c2cnc[nH]2)n1. The Balaban J connectivity index is 1.71. The number of nitrogens with one attached hydrogen (secondary N) is 1. The van der Waals surface area contributed by atoms with Gasteiger partial charge in [-0.25, -0.2) is 9.97 Å². The maximum atomic E-state index is 5.24. The number of aromatic amines is 1. The summed E-state index contributed by atoms with van der Waals surface area (Å²) in [7, 11) is 0. The quantitative estimate of drug-likeness (QED) is 0.768. The maximum Gasteiger partial charge on any atom is 0.228 e. The van der Waals surface area contributed by atoms with Crippen LogP contribution < -0.4 is 0 Å². The van der Waals surface area contributed by atoms with Gasteiger partial charge in [-0.15, -0.1) is 0 Å². The van der Waals surface area contributed by atoms with Crippen molar-refractivity contribution in [3.05, 3.63) is 36.6 Å². The highest BCUT2D eigenvalue weighted by molar-refractivity contribution is 5.47. The molecule has 3 aromatic rings. The Morgan fingerprint density at radius 3 is 3.00 bits per heavy atom. The van der Waals surface area contributed by atoms with E-state index in [1.54, 1.807) is 18.7 Å². The molecule has 0 amide bonds. The van der Waals surface area contributed by atoms with E-state index in [1.165, 1.54) is 0 Å². The summed E-state index contributed by atoms with van der Waals surface area (Å²) in [6.07, 6.45) is 7.76. The van der Waals surface area contributed by atoms with Crippen LogP contribution in [-0.4, -0.2) is 29.7 Å². The highest BCUT2D eigenvalue weighted by atomic mass is 16.5. The summed E-state index contributed by atoms with van der Waals surface area (Å²) >= 11 is 0. The standard InChI is InChI=1S/C13H16N6O/c1-9(2)12-17-11(20-18-12)3-5-19-6-4-15-13(19)10-7-14-8-16-10/h4,6-9H,3,5H2,1-2H3,(H,14,16). The number of imidazole rings is 2. The van der Waals surface area contributed by atoms with Crippen molar-refractivity contribution < 1.29 is 4.52 Å². The molecule has 0 saturated carbocycles. The van der Waals surface area contributed by atoms with Gasteiger partial charge in [-0.05, 0) is 0 Å². The lowest BCUT2D eigenvalue weighted by molar-refractivity contribution is 0.365. The number of hydrogen-bond acceptors (Lipinski definition) is 5. The Bertz CT molecular complexity index is 667. The summed E-state index contributed by atoms with van der Waals surface area (Å²) in [4.78, 5) is 15.8. The third-order valence-electron chi connectivity index (χ3n) is 3.02. The predicted molar refractivity (Wildman–Crippen MR) is 71.9 cm³/mol. The van der Waals surface area contributed by atoms with Crippen LogP contribution >= 0.6 is 0 Å². The minimum atomic E-state index is 0.279. The summed E-state index contributed by atoms with van der Waals surface area (Å²) in [6, 6.07) is 0. The zero-order chi connectivity index (χ0) is 13.9. The van der Waals surface area contributed by atoms with Crippen molar-refractivity contribution in [2.24, 2.45) is 0 Å². The number of nitrogens with zero attached hydrogens (tertiary/aromatic N) is 5. The lowest BCUT2D eigenvalue weighted by Crippen LogP contribution is -2.03. The molecule has 0 aliphatic rings. The smallest absolute Gasteiger partial charge is 0.228 e. The van der Waals surface area contributed by atoms with E-state index in [2.05, 4.69) is 25.1 Å². The Kier molecular flexibility index (Phi) is 3.32. The highest BCUT2D eigenvalue weighted by Crippen LogP contribution is 2.15. The van der Waals surface area contributed by atoms with Crippen LogP contribution in [0.25, 0.3) is 11.5 Å². The minimum Gasteiger partial charge on any atom is -0.342 e. The molecule has 3 heterocycles. The Morgan fingerprint density at radius 1 is 1.40 bits per heavy atom. The first-order valence-corrected chi connectivity index (χ1v) is 6.56. The van der Waals surface area contributed by atoms with E-state index in [0.29, 0.717) is 12.3 Å². The number of hydrogen-bond donors (Lipinski definition) is 1. The third kappa shape index (κ3) is 2.47. The van der Waals surface area contributed by atoms with Gasteiger partial charge in [0.2, 0.25) is 5.89 Å². The van der Waals surface area contributed by atoms with E-state index in [-0.39, 0.29) is 5.92 Å². The fourth-order valence-corrected chi connectivity index (χ4v) is 1.93. The Hall–Kier alpha value is -2.44. The molecule has 104 valence electrons. The van der Waals surface area contributed by atoms with Crippen LogP contribution in [0.3, 0.4) is 0 Å². The van der Waals surface area contributed by atoms with E-state index in [1.807, 2.05) is 24.6 Å². The molecular formula is C13H16N6O. The van der Waals surface area contributed by atoms with Crippen LogP contribution in [0, 0.1) is 0 Å². The van der Waals surface area contributed by atoms with Gasteiger partial charge in [-0.2, -0.15) is 4.98 Å². The lowest BCUT2D eigenvalue weighted by atomic mass is 10.2. The molecule has 3 aromatic heterocycles. The van der Waals surface area contributed by atoms with Crippen molar-refractivity contribution in [3.63, 3.8) is 0 Å². The van der Waals surface area contributed by atoms with Crippen LogP contribution in [0.2, 0.25) is 0 Å². The first kappa shape index (κ1) is 12.6. The average molecular weight is 272 g/mol. The molecule has 7 heteroatoms. The summed E-state index contributed by atoms with van der Waals surface area (Å²) in [6.45, 7) is 4.82.